The molecule has 6 heteroatoms. The van der Waals surface area contributed by atoms with Gasteiger partial charge in [0.2, 0.25) is 0 Å². The second-order valence-electron chi connectivity index (χ2n) is 7.16. The lowest BCUT2D eigenvalue weighted by molar-refractivity contribution is -0.142. The van der Waals surface area contributed by atoms with Gasteiger partial charge in [-0.05, 0) is 51.8 Å². The summed E-state index contributed by atoms with van der Waals surface area (Å²) in [6.45, 7) is 9.39. The van der Waals surface area contributed by atoms with Gasteiger partial charge in [0, 0.05) is 6.42 Å². The van der Waals surface area contributed by atoms with Gasteiger partial charge >= 0.3 is 12.1 Å². The van der Waals surface area contributed by atoms with E-state index in [1.165, 1.54) is 4.90 Å². The Morgan fingerprint density at radius 1 is 1.25 bits per heavy atom. The van der Waals surface area contributed by atoms with E-state index in [-0.39, 0.29) is 19.1 Å². The molecule has 1 aromatic carbocycles. The summed E-state index contributed by atoms with van der Waals surface area (Å²) >= 11 is 0. The smallest absolute Gasteiger partial charge is 0.411 e. The van der Waals surface area contributed by atoms with Crippen molar-refractivity contribution in [2.75, 3.05) is 6.54 Å². The summed E-state index contributed by atoms with van der Waals surface area (Å²) in [6.07, 6.45) is -0.761. The molecule has 1 aliphatic heterocycles. The molecule has 6 nitrogen and oxygen atoms in total. The molecule has 24 heavy (non-hydrogen) atoms. The largest absolute Gasteiger partial charge is 0.488 e. The van der Waals surface area contributed by atoms with Gasteiger partial charge in [-0.25, -0.2) is 9.59 Å². The monoisotopic (exact) mass is 335 g/mol. The van der Waals surface area contributed by atoms with Crippen molar-refractivity contribution in [1.82, 2.24) is 4.90 Å². The van der Waals surface area contributed by atoms with Crippen LogP contribution in [0.15, 0.2) is 18.2 Å². The van der Waals surface area contributed by atoms with Gasteiger partial charge in [-0.1, -0.05) is 12.1 Å². The van der Waals surface area contributed by atoms with E-state index in [1.807, 2.05) is 32.0 Å². The van der Waals surface area contributed by atoms with Crippen molar-refractivity contribution in [2.45, 2.75) is 58.8 Å². The van der Waals surface area contributed by atoms with Crippen molar-refractivity contribution in [2.24, 2.45) is 0 Å². The zero-order valence-electron chi connectivity index (χ0n) is 14.8. The summed E-state index contributed by atoms with van der Waals surface area (Å²) < 4.78 is 11.3. The van der Waals surface area contributed by atoms with Crippen molar-refractivity contribution in [1.29, 1.82) is 0 Å². The number of carbonyl (C=O) groups excluding carboxylic acids is 1. The summed E-state index contributed by atoms with van der Waals surface area (Å²) in [5, 5.41) is 9.41. The predicted molar refractivity (Wildman–Crippen MR) is 89.3 cm³/mol. The van der Waals surface area contributed by atoms with Gasteiger partial charge in [-0.3, -0.25) is 4.90 Å². The van der Waals surface area contributed by atoms with Crippen LogP contribution < -0.4 is 4.74 Å². The fraction of sp³-hybridized carbons (Fsp3) is 0.556. The van der Waals surface area contributed by atoms with E-state index in [2.05, 4.69) is 0 Å². The van der Waals surface area contributed by atoms with E-state index in [0.29, 0.717) is 0 Å². The fourth-order valence-electron chi connectivity index (χ4n) is 2.67. The Hall–Kier alpha value is -2.24. The lowest BCUT2D eigenvalue weighted by atomic mass is 10.1. The third kappa shape index (κ3) is 4.19. The zero-order valence-corrected chi connectivity index (χ0v) is 14.8. The van der Waals surface area contributed by atoms with Gasteiger partial charge in [-0.2, -0.15) is 0 Å². The molecule has 2 rings (SSSR count). The van der Waals surface area contributed by atoms with Gasteiger partial charge < -0.3 is 14.6 Å². The lowest BCUT2D eigenvalue weighted by Crippen LogP contribution is -2.43. The predicted octanol–water partition coefficient (Wildman–Crippen LogP) is 3.14. The van der Waals surface area contributed by atoms with Crippen molar-refractivity contribution >= 4 is 12.1 Å². The minimum atomic E-state index is -1.05. The van der Waals surface area contributed by atoms with Gasteiger partial charge in [0.25, 0.3) is 0 Å². The summed E-state index contributed by atoms with van der Waals surface area (Å²) in [4.78, 5) is 25.0. The van der Waals surface area contributed by atoms with Crippen molar-refractivity contribution in [3.8, 4) is 5.75 Å². The second kappa shape index (κ2) is 6.71. The van der Waals surface area contributed by atoms with Crippen LogP contribution in [0.4, 0.5) is 4.79 Å². The van der Waals surface area contributed by atoms with Gasteiger partial charge in [0.05, 0.1) is 6.54 Å². The topological polar surface area (TPSA) is 76.1 Å². The number of benzene rings is 1. The third-order valence-corrected chi connectivity index (χ3v) is 4.02. The molecule has 1 heterocycles. The number of rotatable bonds is 3. The molecule has 0 aliphatic carbocycles. The Morgan fingerprint density at radius 3 is 2.50 bits per heavy atom. The number of ether oxygens (including phenoxy) is 2. The highest BCUT2D eigenvalue weighted by molar-refractivity contribution is 5.81. The standard InChI is InChI=1S/C18H25NO5/c1-11-7-6-8-15(12(11)2)23-13-9-14(16(20)21)19(10-13)17(22)24-18(3,4)5/h6-8,13-14H,9-10H2,1-5H3,(H,20,21)/t13-,14-/m0/s1. The molecule has 1 amide bonds. The summed E-state index contributed by atoms with van der Waals surface area (Å²) in [7, 11) is 0. The van der Waals surface area contributed by atoms with Crippen molar-refractivity contribution in [3.05, 3.63) is 29.3 Å². The van der Waals surface area contributed by atoms with Gasteiger partial charge in [0.15, 0.2) is 0 Å². The van der Waals surface area contributed by atoms with E-state index in [1.54, 1.807) is 20.8 Å². The SMILES string of the molecule is Cc1cccc(O[C@H]2C[C@@H](C(=O)O)N(C(=O)OC(C)(C)C)C2)c1C. The first-order valence-electron chi connectivity index (χ1n) is 8.04. The van der Waals surface area contributed by atoms with Gasteiger partial charge in [0.1, 0.15) is 23.5 Å². The van der Waals surface area contributed by atoms with Gasteiger partial charge in [-0.15, -0.1) is 0 Å². The molecular formula is C18H25NO5. The molecular weight excluding hydrogens is 310 g/mol. The first-order valence-corrected chi connectivity index (χ1v) is 8.04. The molecule has 1 saturated heterocycles. The van der Waals surface area contributed by atoms with E-state index in [4.69, 9.17) is 9.47 Å². The minimum Gasteiger partial charge on any atom is -0.488 e. The molecule has 2 atom stereocenters. The summed E-state index contributed by atoms with van der Waals surface area (Å²) in [5.41, 5.74) is 1.44. The fourth-order valence-corrected chi connectivity index (χ4v) is 2.67. The number of hydrogen-bond acceptors (Lipinski definition) is 4. The van der Waals surface area contributed by atoms with Crippen LogP contribution in [0.3, 0.4) is 0 Å². The highest BCUT2D eigenvalue weighted by Gasteiger charge is 2.42. The van der Waals surface area contributed by atoms with E-state index < -0.39 is 23.7 Å². The molecule has 1 N–H and O–H groups in total. The Labute approximate surface area is 142 Å². The molecule has 1 aliphatic rings. The molecule has 0 saturated carbocycles. The number of aryl methyl sites for hydroxylation is 1. The number of amides is 1. The molecule has 0 unspecified atom stereocenters. The first kappa shape index (κ1) is 18.1. The highest BCUT2D eigenvalue weighted by Crippen LogP contribution is 2.28. The maximum atomic E-state index is 12.3. The van der Waals surface area contributed by atoms with Crippen LogP contribution in [-0.4, -0.2) is 46.4 Å². The summed E-state index contributed by atoms with van der Waals surface area (Å²) in [5.74, 6) is -0.330. The van der Waals surface area contributed by atoms with Crippen LogP contribution in [0.25, 0.3) is 0 Å². The van der Waals surface area contributed by atoms with Crippen LogP contribution in [-0.2, 0) is 9.53 Å². The molecule has 0 radical (unpaired) electrons. The molecule has 0 aromatic heterocycles. The zero-order chi connectivity index (χ0) is 18.1. The maximum absolute atomic E-state index is 12.3. The number of aliphatic carboxylic acids is 1. The van der Waals surface area contributed by atoms with E-state index >= 15 is 0 Å². The third-order valence-electron chi connectivity index (χ3n) is 4.02. The van der Waals surface area contributed by atoms with Crippen LogP contribution in [0.1, 0.15) is 38.3 Å². The Kier molecular flexibility index (Phi) is 5.06. The maximum Gasteiger partial charge on any atom is 0.411 e. The molecule has 0 bridgehead atoms. The van der Waals surface area contributed by atoms with Crippen LogP contribution in [0, 0.1) is 13.8 Å². The van der Waals surface area contributed by atoms with Crippen LogP contribution in [0.5, 0.6) is 5.75 Å². The molecule has 0 spiro atoms. The molecule has 132 valence electrons. The van der Waals surface area contributed by atoms with E-state index in [9.17, 15) is 14.7 Å². The number of carbonyl (C=O) groups is 2. The first-order chi connectivity index (χ1) is 11.1. The normalized spacial score (nSPS) is 20.8. The number of carboxylic acid groups (broad SMARTS) is 1. The van der Waals surface area contributed by atoms with E-state index in [0.717, 1.165) is 16.9 Å². The number of likely N-dealkylation sites (tertiary alicyclic amines) is 1. The Bertz CT molecular complexity index is 635. The summed E-state index contributed by atoms with van der Waals surface area (Å²) in [6, 6.07) is 4.81. The average molecular weight is 335 g/mol. The van der Waals surface area contributed by atoms with Crippen molar-refractivity contribution < 1.29 is 24.2 Å². The van der Waals surface area contributed by atoms with Crippen molar-refractivity contribution in [3.63, 3.8) is 0 Å². The van der Waals surface area contributed by atoms with Crippen LogP contribution in [0.2, 0.25) is 0 Å². The molecule has 1 aromatic rings. The Balaban J connectivity index is 2.13. The second-order valence-corrected chi connectivity index (χ2v) is 7.16. The number of carboxylic acids is 1. The quantitative estimate of drug-likeness (QED) is 0.918. The average Bonchev–Trinajstić information content (AvgIpc) is 2.86. The number of nitrogens with zero attached hydrogens (tertiary/aromatic N) is 1. The highest BCUT2D eigenvalue weighted by atomic mass is 16.6. The minimum absolute atomic E-state index is 0.194. The number of hydrogen-bond donors (Lipinski definition) is 1. The van der Waals surface area contributed by atoms with Crippen LogP contribution >= 0.6 is 0 Å². The lowest BCUT2D eigenvalue weighted by Gasteiger charge is -2.26. The molecule has 1 fully saturated rings. The Morgan fingerprint density at radius 2 is 1.92 bits per heavy atom.